The molecule has 0 unspecified atom stereocenters. The summed E-state index contributed by atoms with van der Waals surface area (Å²) >= 11 is 4.97. The Morgan fingerprint density at radius 1 is 1.45 bits per heavy atom. The monoisotopic (exact) mass is 231 g/mol. The molecule has 1 rings (SSSR count). The van der Waals surface area contributed by atoms with E-state index in [2.05, 4.69) is 39.7 Å². The molecule has 0 bridgehead atoms. The molecule has 0 aliphatic heterocycles. The summed E-state index contributed by atoms with van der Waals surface area (Å²) in [5.41, 5.74) is 2.44. The van der Waals surface area contributed by atoms with Gasteiger partial charge in [-0.3, -0.25) is 0 Å². The van der Waals surface area contributed by atoms with Gasteiger partial charge in [-0.25, -0.2) is 0 Å². The van der Waals surface area contributed by atoms with Gasteiger partial charge >= 0.3 is 0 Å². The molecular weight excluding hydrogens is 222 g/mol. The van der Waals surface area contributed by atoms with Crippen LogP contribution in [-0.4, -0.2) is 6.26 Å². The quantitative estimate of drug-likeness (QED) is 0.619. The Kier molecular flexibility index (Phi) is 3.27. The fourth-order valence-corrected chi connectivity index (χ4v) is 2.19. The highest BCUT2D eigenvalue weighted by atomic mass is 79.9. The van der Waals surface area contributed by atoms with Gasteiger partial charge in [0.1, 0.15) is 0 Å². The smallest absolute Gasteiger partial charge is 0.0580 e. The highest BCUT2D eigenvalue weighted by Gasteiger charge is 2.01. The summed E-state index contributed by atoms with van der Waals surface area (Å²) in [6, 6.07) is 6.20. The van der Waals surface area contributed by atoms with Crippen LogP contribution in [-0.2, 0) is 0 Å². The Morgan fingerprint density at radius 2 is 2.18 bits per heavy atom. The summed E-state index contributed by atoms with van der Waals surface area (Å²) in [5, 5.41) is 0. The summed E-state index contributed by atoms with van der Waals surface area (Å²) in [5.74, 6) is 0. The lowest BCUT2D eigenvalue weighted by Gasteiger charge is -2.07. The van der Waals surface area contributed by atoms with E-state index in [0.717, 1.165) is 5.69 Å². The number of nitrogens with one attached hydrogen (secondary N) is 1. The second-order valence-corrected chi connectivity index (χ2v) is 3.46. The van der Waals surface area contributed by atoms with E-state index in [1.54, 1.807) is 11.8 Å². The maximum absolute atomic E-state index is 3.22. The molecule has 0 amide bonds. The molecule has 0 heterocycles. The van der Waals surface area contributed by atoms with Gasteiger partial charge < -0.3 is 4.34 Å². The van der Waals surface area contributed by atoms with Crippen LogP contribution in [0.2, 0.25) is 0 Å². The van der Waals surface area contributed by atoms with Crippen molar-refractivity contribution in [2.45, 2.75) is 11.8 Å². The summed E-state index contributed by atoms with van der Waals surface area (Å²) in [6.45, 7) is 2.11. The second-order valence-electron chi connectivity index (χ2n) is 2.25. The van der Waals surface area contributed by atoms with Crippen molar-refractivity contribution in [2.75, 3.05) is 10.6 Å². The average molecular weight is 232 g/mol. The highest BCUT2D eigenvalue weighted by Crippen LogP contribution is 2.29. The van der Waals surface area contributed by atoms with Crippen LogP contribution in [0.25, 0.3) is 0 Å². The van der Waals surface area contributed by atoms with Crippen LogP contribution in [0.1, 0.15) is 5.56 Å². The SMILES string of the molecule is CSc1c(C)cccc1NBr. The molecular formula is C8H10BrNS. The molecule has 0 aromatic heterocycles. The number of hydrogen-bond acceptors (Lipinski definition) is 2. The molecule has 0 aliphatic rings. The molecule has 0 fully saturated rings. The van der Waals surface area contributed by atoms with E-state index in [4.69, 9.17) is 0 Å². The standard InChI is InChI=1S/C8H10BrNS/c1-6-4-3-5-7(10-9)8(6)11-2/h3-5,10H,1-2H3. The van der Waals surface area contributed by atoms with Gasteiger partial charge in [-0.05, 0) is 24.8 Å². The van der Waals surface area contributed by atoms with E-state index < -0.39 is 0 Å². The van der Waals surface area contributed by atoms with Gasteiger partial charge in [-0.15, -0.1) is 11.8 Å². The third kappa shape index (κ3) is 1.91. The van der Waals surface area contributed by atoms with E-state index in [0.29, 0.717) is 0 Å². The predicted octanol–water partition coefficient (Wildman–Crippen LogP) is 3.44. The zero-order valence-electron chi connectivity index (χ0n) is 6.52. The maximum atomic E-state index is 3.22. The summed E-state index contributed by atoms with van der Waals surface area (Å²) in [4.78, 5) is 1.30. The van der Waals surface area contributed by atoms with Crippen molar-refractivity contribution in [2.24, 2.45) is 0 Å². The molecule has 1 aromatic carbocycles. The van der Waals surface area contributed by atoms with Gasteiger partial charge in [0.15, 0.2) is 0 Å². The fourth-order valence-electron chi connectivity index (χ4n) is 0.998. The molecule has 0 saturated carbocycles. The van der Waals surface area contributed by atoms with Crippen molar-refractivity contribution in [3.05, 3.63) is 23.8 Å². The maximum Gasteiger partial charge on any atom is 0.0580 e. The first kappa shape index (κ1) is 8.94. The molecule has 1 aromatic rings. The van der Waals surface area contributed by atoms with Crippen molar-refractivity contribution in [1.82, 2.24) is 0 Å². The van der Waals surface area contributed by atoms with Gasteiger partial charge in [0.2, 0.25) is 0 Å². The summed E-state index contributed by atoms with van der Waals surface area (Å²) < 4.78 is 2.98. The molecule has 60 valence electrons. The molecule has 0 saturated heterocycles. The lowest BCUT2D eigenvalue weighted by Crippen LogP contribution is -1.85. The van der Waals surface area contributed by atoms with E-state index >= 15 is 0 Å². The minimum absolute atomic E-state index is 1.14. The number of halogens is 1. The zero-order chi connectivity index (χ0) is 8.27. The summed E-state index contributed by atoms with van der Waals surface area (Å²) in [6.07, 6.45) is 2.08. The molecule has 1 nitrogen and oxygen atoms in total. The third-order valence-corrected chi connectivity index (χ3v) is 2.90. The van der Waals surface area contributed by atoms with Gasteiger partial charge in [0.05, 0.1) is 5.69 Å². The van der Waals surface area contributed by atoms with Crippen molar-refractivity contribution in [3.8, 4) is 0 Å². The van der Waals surface area contributed by atoms with E-state index in [1.807, 2.05) is 12.1 Å². The minimum Gasteiger partial charge on any atom is -0.321 e. The molecule has 11 heavy (non-hydrogen) atoms. The highest BCUT2D eigenvalue weighted by molar-refractivity contribution is 9.10. The number of hydrogen-bond donors (Lipinski definition) is 1. The Labute approximate surface area is 79.9 Å². The van der Waals surface area contributed by atoms with Crippen LogP contribution >= 0.6 is 27.9 Å². The summed E-state index contributed by atoms with van der Waals surface area (Å²) in [7, 11) is 0. The molecule has 0 atom stereocenters. The molecule has 0 radical (unpaired) electrons. The van der Waals surface area contributed by atoms with Crippen LogP contribution in [0.3, 0.4) is 0 Å². The lowest BCUT2D eigenvalue weighted by atomic mass is 10.2. The van der Waals surface area contributed by atoms with Gasteiger partial charge in [0, 0.05) is 21.0 Å². The van der Waals surface area contributed by atoms with Crippen molar-refractivity contribution >= 4 is 33.6 Å². The van der Waals surface area contributed by atoms with Gasteiger partial charge in [0.25, 0.3) is 0 Å². The van der Waals surface area contributed by atoms with Crippen LogP contribution < -0.4 is 4.34 Å². The number of anilines is 1. The third-order valence-electron chi connectivity index (χ3n) is 1.52. The van der Waals surface area contributed by atoms with Crippen LogP contribution in [0.4, 0.5) is 5.69 Å². The fraction of sp³-hybridized carbons (Fsp3) is 0.250. The van der Waals surface area contributed by atoms with E-state index in [1.165, 1.54) is 10.5 Å². The largest absolute Gasteiger partial charge is 0.321 e. The first-order chi connectivity index (χ1) is 5.29. The Balaban J connectivity index is 3.13. The minimum atomic E-state index is 1.14. The van der Waals surface area contributed by atoms with Crippen molar-refractivity contribution < 1.29 is 0 Å². The van der Waals surface area contributed by atoms with Crippen molar-refractivity contribution in [1.29, 1.82) is 0 Å². The number of benzene rings is 1. The molecule has 0 aliphatic carbocycles. The Bertz CT molecular complexity index is 250. The van der Waals surface area contributed by atoms with Crippen LogP contribution in [0, 0.1) is 6.92 Å². The van der Waals surface area contributed by atoms with Gasteiger partial charge in [-0.2, -0.15) is 0 Å². The molecule has 1 N–H and O–H groups in total. The first-order valence-electron chi connectivity index (χ1n) is 3.30. The van der Waals surface area contributed by atoms with Crippen LogP contribution in [0.5, 0.6) is 0 Å². The van der Waals surface area contributed by atoms with Crippen LogP contribution in [0.15, 0.2) is 23.1 Å². The Morgan fingerprint density at radius 3 is 2.64 bits per heavy atom. The van der Waals surface area contributed by atoms with E-state index in [-0.39, 0.29) is 0 Å². The van der Waals surface area contributed by atoms with Crippen molar-refractivity contribution in [3.63, 3.8) is 0 Å². The van der Waals surface area contributed by atoms with E-state index in [9.17, 15) is 0 Å². The lowest BCUT2D eigenvalue weighted by molar-refractivity contribution is 1.31. The number of rotatable bonds is 2. The zero-order valence-corrected chi connectivity index (χ0v) is 8.92. The Hall–Kier alpha value is -0.150. The molecule has 0 spiro atoms. The second kappa shape index (κ2) is 4.02. The molecule has 3 heteroatoms. The first-order valence-corrected chi connectivity index (χ1v) is 5.31. The van der Waals surface area contributed by atoms with Gasteiger partial charge in [-0.1, -0.05) is 12.1 Å². The number of thioether (sulfide) groups is 1. The normalized spacial score (nSPS) is 9.73. The topological polar surface area (TPSA) is 12.0 Å². The number of aryl methyl sites for hydroxylation is 1. The predicted molar refractivity (Wildman–Crippen MR) is 55.5 cm³/mol. The average Bonchev–Trinajstić information content (AvgIpc) is 2.04.